The fourth-order valence-electron chi connectivity index (χ4n) is 2.22. The van der Waals surface area contributed by atoms with Gasteiger partial charge in [0.05, 0.1) is 5.92 Å². The van der Waals surface area contributed by atoms with Crippen LogP contribution in [0.3, 0.4) is 0 Å². The van der Waals surface area contributed by atoms with E-state index >= 15 is 0 Å². The number of carbonyl (C=O) groups excluding carboxylic acids is 2. The zero-order valence-electron chi connectivity index (χ0n) is 10.8. The van der Waals surface area contributed by atoms with E-state index in [2.05, 4.69) is 52.6 Å². The lowest BCUT2D eigenvalue weighted by molar-refractivity contribution is -0.135. The van der Waals surface area contributed by atoms with Gasteiger partial charge in [-0.15, -0.1) is 0 Å². The van der Waals surface area contributed by atoms with Crippen LogP contribution in [0.15, 0.2) is 0 Å². The fraction of sp³-hybridized carbons (Fsp3) is 0.833. The molecule has 0 heterocycles. The van der Waals surface area contributed by atoms with Gasteiger partial charge in [-0.3, -0.25) is 9.59 Å². The van der Waals surface area contributed by atoms with Gasteiger partial charge in [0.1, 0.15) is 3.23 Å². The van der Waals surface area contributed by atoms with E-state index in [0.717, 1.165) is 0 Å². The highest BCUT2D eigenvalue weighted by molar-refractivity contribution is 9.25. The Hall–Kier alpha value is 1.17. The summed E-state index contributed by atoms with van der Waals surface area (Å²) < 4.78 is -2.98. The van der Waals surface area contributed by atoms with E-state index < -0.39 is 18.7 Å². The maximum atomic E-state index is 12.3. The van der Waals surface area contributed by atoms with E-state index in [1.807, 2.05) is 0 Å². The summed E-state index contributed by atoms with van der Waals surface area (Å²) in [5.41, 5.74) is -0.0420. The lowest BCUT2D eigenvalue weighted by atomic mass is 9.68. The molecular weight excluding hydrogens is 442 g/mol. The molecule has 7 heteroatoms. The molecule has 2 nitrogen and oxygen atoms in total. The lowest BCUT2D eigenvalue weighted by Crippen LogP contribution is -2.48. The average Bonchev–Trinajstić information content (AvgIpc) is 2.17. The predicted molar refractivity (Wildman–Crippen MR) is 86.6 cm³/mol. The average molecular weight is 457 g/mol. The molecule has 0 saturated heterocycles. The first-order chi connectivity index (χ1) is 8.27. The van der Waals surface area contributed by atoms with Gasteiger partial charge in [0.25, 0.3) is 0 Å². The van der Waals surface area contributed by atoms with Gasteiger partial charge >= 0.3 is 0 Å². The van der Waals surface area contributed by atoms with Crippen LogP contribution in [0.5, 0.6) is 0 Å². The van der Waals surface area contributed by atoms with Gasteiger partial charge in [-0.2, -0.15) is 0 Å². The van der Waals surface area contributed by atoms with Gasteiger partial charge in [0, 0.05) is 0 Å². The number of rotatable bonds is 1. The number of hydrogen-bond acceptors (Lipinski definition) is 2. The van der Waals surface area contributed by atoms with Crippen LogP contribution in [0.1, 0.15) is 33.6 Å². The van der Waals surface area contributed by atoms with Crippen molar-refractivity contribution in [1.82, 2.24) is 0 Å². The molecule has 0 bridgehead atoms. The molecule has 0 aromatic heterocycles. The molecule has 0 aliphatic heterocycles. The Morgan fingerprint density at radius 2 is 1.74 bits per heavy atom. The quantitative estimate of drug-likeness (QED) is 0.408. The van der Waals surface area contributed by atoms with Crippen LogP contribution in [0.4, 0.5) is 0 Å². The van der Waals surface area contributed by atoms with Crippen LogP contribution < -0.4 is 0 Å². The zero-order chi connectivity index (χ0) is 15.2. The Bertz CT molecular complexity index is 389. The van der Waals surface area contributed by atoms with Crippen molar-refractivity contribution < 1.29 is 9.59 Å². The molecule has 0 spiro atoms. The topological polar surface area (TPSA) is 34.1 Å². The first-order valence-corrected chi connectivity index (χ1v) is 8.52. The molecule has 1 saturated carbocycles. The summed E-state index contributed by atoms with van der Waals surface area (Å²) in [6.07, 6.45) is 1.01. The monoisotopic (exact) mass is 454 g/mol. The number of hydrogen-bond donors (Lipinski definition) is 0. The maximum absolute atomic E-state index is 12.3. The Morgan fingerprint density at radius 3 is 2.11 bits per heavy atom. The molecular formula is C12H15Br2Cl3O2. The van der Waals surface area contributed by atoms with Gasteiger partial charge in [-0.25, -0.2) is 0 Å². The third-order valence-corrected chi connectivity index (χ3v) is 5.51. The molecule has 0 aromatic rings. The van der Waals surface area contributed by atoms with Crippen molar-refractivity contribution in [1.29, 1.82) is 0 Å². The van der Waals surface area contributed by atoms with Crippen LogP contribution in [-0.4, -0.2) is 18.6 Å². The van der Waals surface area contributed by atoms with E-state index in [1.54, 1.807) is 0 Å². The van der Waals surface area contributed by atoms with Gasteiger partial charge in [-0.1, -0.05) is 87.4 Å². The van der Waals surface area contributed by atoms with Crippen molar-refractivity contribution in [2.24, 2.45) is 17.3 Å². The minimum Gasteiger partial charge on any atom is -0.296 e. The molecule has 0 N–H and O–H groups in total. The Kier molecular flexibility index (Phi) is 5.52. The van der Waals surface area contributed by atoms with Crippen LogP contribution in [0.2, 0.25) is 0 Å². The predicted octanol–water partition coefficient (Wildman–Crippen LogP) is 5.05. The molecule has 2 atom stereocenters. The zero-order valence-corrected chi connectivity index (χ0v) is 16.2. The highest BCUT2D eigenvalue weighted by Crippen LogP contribution is 2.50. The fourth-order valence-corrected chi connectivity index (χ4v) is 3.95. The van der Waals surface area contributed by atoms with Gasteiger partial charge in [-0.05, 0) is 24.2 Å². The molecule has 1 aliphatic rings. The second kappa shape index (κ2) is 5.75. The second-order valence-corrected chi connectivity index (χ2v) is 12.0. The van der Waals surface area contributed by atoms with E-state index in [1.165, 1.54) is 0 Å². The Labute approximate surface area is 145 Å². The summed E-state index contributed by atoms with van der Waals surface area (Å²) in [5.74, 6) is -1.67. The summed E-state index contributed by atoms with van der Waals surface area (Å²) in [6, 6.07) is 0. The summed E-state index contributed by atoms with van der Waals surface area (Å²) in [7, 11) is 0. The second-order valence-electron chi connectivity index (χ2n) is 5.99. The molecule has 19 heavy (non-hydrogen) atoms. The summed E-state index contributed by atoms with van der Waals surface area (Å²) in [4.78, 5) is 24.4. The number of halogens is 5. The molecule has 1 rings (SSSR count). The number of carbonyl (C=O) groups is 2. The van der Waals surface area contributed by atoms with Crippen LogP contribution in [0, 0.1) is 17.3 Å². The molecule has 0 radical (unpaired) electrons. The Morgan fingerprint density at radius 1 is 1.26 bits per heavy atom. The first kappa shape index (κ1) is 18.2. The lowest BCUT2D eigenvalue weighted by Gasteiger charge is -2.42. The SMILES string of the molecule is CC(C)(C)C1CC(C(=O)C(Cl)(Cl)Cl)C(=O)C(Br)(Br)C1. The van der Waals surface area contributed by atoms with Crippen molar-refractivity contribution >= 4 is 78.2 Å². The van der Waals surface area contributed by atoms with Crippen molar-refractivity contribution in [3.8, 4) is 0 Å². The van der Waals surface area contributed by atoms with Gasteiger partial charge < -0.3 is 0 Å². The molecule has 1 aliphatic carbocycles. The number of alkyl halides is 5. The minimum absolute atomic E-state index is 0.0420. The highest BCUT2D eigenvalue weighted by Gasteiger charge is 2.53. The van der Waals surface area contributed by atoms with E-state index in [0.29, 0.717) is 12.8 Å². The van der Waals surface area contributed by atoms with Crippen LogP contribution >= 0.6 is 66.7 Å². The van der Waals surface area contributed by atoms with E-state index in [-0.39, 0.29) is 17.1 Å². The maximum Gasteiger partial charge on any atom is 0.249 e. The molecule has 1 fully saturated rings. The first-order valence-electron chi connectivity index (χ1n) is 5.80. The van der Waals surface area contributed by atoms with Crippen molar-refractivity contribution in [3.63, 3.8) is 0 Å². The Balaban J connectivity index is 3.10. The number of Topliss-reactive ketones (excluding diaryl/α,β-unsaturated/α-hetero) is 2. The molecule has 110 valence electrons. The number of ketones is 2. The largest absolute Gasteiger partial charge is 0.296 e. The third kappa shape index (κ3) is 4.32. The summed E-state index contributed by atoms with van der Waals surface area (Å²) in [5, 5.41) is 0. The highest BCUT2D eigenvalue weighted by atomic mass is 79.9. The van der Waals surface area contributed by atoms with E-state index in [4.69, 9.17) is 34.8 Å². The summed E-state index contributed by atoms with van der Waals surface area (Å²) >= 11 is 23.6. The van der Waals surface area contributed by atoms with Crippen molar-refractivity contribution in [2.75, 3.05) is 0 Å². The smallest absolute Gasteiger partial charge is 0.249 e. The van der Waals surface area contributed by atoms with Crippen molar-refractivity contribution in [3.05, 3.63) is 0 Å². The normalized spacial score (nSPS) is 28.3. The minimum atomic E-state index is -2.06. The van der Waals surface area contributed by atoms with Crippen LogP contribution in [0.25, 0.3) is 0 Å². The van der Waals surface area contributed by atoms with E-state index in [9.17, 15) is 9.59 Å². The van der Waals surface area contributed by atoms with Gasteiger partial charge in [0.15, 0.2) is 11.6 Å². The summed E-state index contributed by atoms with van der Waals surface area (Å²) in [6.45, 7) is 6.21. The van der Waals surface area contributed by atoms with Gasteiger partial charge in [0.2, 0.25) is 3.79 Å². The molecule has 2 unspecified atom stereocenters. The van der Waals surface area contributed by atoms with Crippen molar-refractivity contribution in [2.45, 2.75) is 40.6 Å². The molecule has 0 amide bonds. The third-order valence-electron chi connectivity index (χ3n) is 3.52. The molecule has 0 aromatic carbocycles. The standard InChI is InChI=1S/C12H15Br2Cl3O2/c1-10(2,3)6-4-7(9(19)12(15,16)17)8(18)11(13,14)5-6/h6-7H,4-5H2,1-3H3. The van der Waals surface area contributed by atoms with Crippen LogP contribution in [-0.2, 0) is 9.59 Å².